The normalized spacial score (nSPS) is 16.3. The highest BCUT2D eigenvalue weighted by Gasteiger charge is 2.28. The summed E-state index contributed by atoms with van der Waals surface area (Å²) in [6.45, 7) is 8.34. The highest BCUT2D eigenvalue weighted by Crippen LogP contribution is 2.22. The molecule has 9 heteroatoms. The van der Waals surface area contributed by atoms with Crippen LogP contribution in [0.15, 0.2) is 65.7 Å². The van der Waals surface area contributed by atoms with E-state index in [1.165, 1.54) is 32.4 Å². The second kappa shape index (κ2) is 13.3. The Hall–Kier alpha value is -3.75. The number of piperidine rings is 2. The fourth-order valence-corrected chi connectivity index (χ4v) is 6.53. The van der Waals surface area contributed by atoms with Crippen molar-refractivity contribution in [1.82, 2.24) is 23.8 Å². The summed E-state index contributed by atoms with van der Waals surface area (Å²) >= 11 is 0. The van der Waals surface area contributed by atoms with Gasteiger partial charge in [-0.15, -0.1) is 12.4 Å². The molecule has 2 fully saturated rings. The molecule has 2 aliphatic rings. The van der Waals surface area contributed by atoms with E-state index in [-0.39, 0.29) is 29.7 Å². The van der Waals surface area contributed by atoms with Crippen molar-refractivity contribution in [2.75, 3.05) is 26.2 Å². The van der Waals surface area contributed by atoms with Gasteiger partial charge in [0.2, 0.25) is 5.78 Å². The average Bonchev–Trinajstić information content (AvgIpc) is 3.43. The number of likely N-dealkylation sites (tertiary alicyclic amines) is 2. The smallest absolute Gasteiger partial charge is 0.262 e. The van der Waals surface area contributed by atoms with E-state index in [1.807, 2.05) is 53.8 Å². The van der Waals surface area contributed by atoms with Crippen LogP contribution < -0.4 is 5.56 Å². The lowest BCUT2D eigenvalue weighted by molar-refractivity contribution is 0.0589. The number of rotatable bonds is 7. The number of aromatic nitrogens is 3. The largest absolute Gasteiger partial charge is 0.339 e. The van der Waals surface area contributed by atoms with Gasteiger partial charge in [0.25, 0.3) is 11.5 Å². The van der Waals surface area contributed by atoms with Crippen LogP contribution in [0, 0.1) is 6.92 Å². The Bertz CT molecular complexity index is 1640. The zero-order chi connectivity index (χ0) is 29.2. The van der Waals surface area contributed by atoms with Crippen molar-refractivity contribution in [2.24, 2.45) is 0 Å². The van der Waals surface area contributed by atoms with Gasteiger partial charge in [-0.1, -0.05) is 49.7 Å². The summed E-state index contributed by atoms with van der Waals surface area (Å²) in [6, 6.07) is 15.2. The molecule has 0 radical (unpaired) electrons. The second-order valence-corrected chi connectivity index (χ2v) is 11.7. The van der Waals surface area contributed by atoms with Crippen LogP contribution in [0.3, 0.4) is 0 Å². The van der Waals surface area contributed by atoms with Crippen molar-refractivity contribution in [3.63, 3.8) is 0 Å². The number of halogens is 1. The minimum Gasteiger partial charge on any atom is -0.339 e. The van der Waals surface area contributed by atoms with E-state index in [2.05, 4.69) is 9.88 Å². The third-order valence-corrected chi connectivity index (χ3v) is 9.02. The average molecular weight is 602 g/mol. The molecule has 8 nitrogen and oxygen atoms in total. The molecule has 0 aliphatic carbocycles. The SMILES string of the molecule is CCc1c(C)nc2n(Cc3ccc(C(=O)c4ccc(C(=O)N5CCC(N6CCCCC6)CC5)cc4)cc3)ccn2c1=O.Cl. The summed E-state index contributed by atoms with van der Waals surface area (Å²) in [5, 5.41) is 0. The Kier molecular flexibility index (Phi) is 9.47. The number of hydrogen-bond acceptors (Lipinski definition) is 5. The minimum atomic E-state index is -0.0785. The standard InChI is InChI=1S/C34H39N5O3.ClH/c1-3-30-24(2)35-34-38(21-22-39(34)33(30)42)23-25-7-9-26(10-8-25)31(40)27-11-13-28(14-12-27)32(41)37-19-15-29(16-20-37)36-17-5-4-6-18-36;/h7-14,21-22,29H,3-6,15-20,23H2,1-2H3;1H. The van der Waals surface area contributed by atoms with Gasteiger partial charge < -0.3 is 14.4 Å². The van der Waals surface area contributed by atoms with E-state index in [0.717, 1.165) is 42.8 Å². The number of carbonyl (C=O) groups excluding carboxylic acids is 2. The van der Waals surface area contributed by atoms with Gasteiger partial charge in [-0.3, -0.25) is 18.8 Å². The lowest BCUT2D eigenvalue weighted by Gasteiger charge is -2.40. The molecule has 0 spiro atoms. The van der Waals surface area contributed by atoms with Crippen LogP contribution in [-0.4, -0.2) is 67.7 Å². The third-order valence-electron chi connectivity index (χ3n) is 9.02. The minimum absolute atomic E-state index is 0. The van der Waals surface area contributed by atoms with Crippen molar-refractivity contribution < 1.29 is 9.59 Å². The van der Waals surface area contributed by atoms with Crippen LogP contribution in [0.4, 0.5) is 0 Å². The van der Waals surface area contributed by atoms with Gasteiger partial charge >= 0.3 is 0 Å². The fraction of sp³-hybridized carbons (Fsp3) is 0.412. The van der Waals surface area contributed by atoms with Crippen molar-refractivity contribution in [1.29, 1.82) is 0 Å². The first-order chi connectivity index (χ1) is 20.4. The Morgan fingerprint density at radius 1 is 0.837 bits per heavy atom. The van der Waals surface area contributed by atoms with E-state index < -0.39 is 0 Å². The highest BCUT2D eigenvalue weighted by atomic mass is 35.5. The Morgan fingerprint density at radius 3 is 2.07 bits per heavy atom. The molecule has 0 atom stereocenters. The first kappa shape index (κ1) is 30.7. The first-order valence-electron chi connectivity index (χ1n) is 15.3. The van der Waals surface area contributed by atoms with E-state index in [9.17, 15) is 14.4 Å². The maximum Gasteiger partial charge on any atom is 0.262 e. The van der Waals surface area contributed by atoms with Crippen LogP contribution in [0.25, 0.3) is 5.78 Å². The molecule has 0 bridgehead atoms. The number of amides is 1. The lowest BCUT2D eigenvalue weighted by atomic mass is 9.98. The van der Waals surface area contributed by atoms with Crippen molar-refractivity contribution >= 4 is 29.9 Å². The van der Waals surface area contributed by atoms with Crippen molar-refractivity contribution in [3.8, 4) is 0 Å². The molecule has 2 aliphatic heterocycles. The van der Waals surface area contributed by atoms with E-state index in [0.29, 0.717) is 41.5 Å². The molecule has 0 saturated carbocycles. The third kappa shape index (κ3) is 6.31. The van der Waals surface area contributed by atoms with Crippen LogP contribution in [0.1, 0.15) is 82.1 Å². The Morgan fingerprint density at radius 2 is 1.44 bits per heavy atom. The number of aryl methyl sites for hydroxylation is 1. The van der Waals surface area contributed by atoms with E-state index in [4.69, 9.17) is 0 Å². The molecule has 2 aromatic carbocycles. The summed E-state index contributed by atoms with van der Waals surface area (Å²) in [5.74, 6) is 0.576. The highest BCUT2D eigenvalue weighted by molar-refractivity contribution is 6.09. The molecule has 4 aromatic rings. The van der Waals surface area contributed by atoms with Gasteiger partial charge in [-0.05, 0) is 69.8 Å². The van der Waals surface area contributed by atoms with Gasteiger partial charge in [0.15, 0.2) is 5.78 Å². The predicted molar refractivity (Wildman–Crippen MR) is 171 cm³/mol. The fourth-order valence-electron chi connectivity index (χ4n) is 6.53. The number of nitrogens with zero attached hydrogens (tertiary/aromatic N) is 5. The zero-order valence-electron chi connectivity index (χ0n) is 25.0. The summed E-state index contributed by atoms with van der Waals surface area (Å²) < 4.78 is 3.53. The molecule has 43 heavy (non-hydrogen) atoms. The first-order valence-corrected chi connectivity index (χ1v) is 15.3. The zero-order valence-corrected chi connectivity index (χ0v) is 25.8. The molecular weight excluding hydrogens is 562 g/mol. The molecular formula is C34H40ClN5O3. The quantitative estimate of drug-likeness (QED) is 0.274. The van der Waals surface area contributed by atoms with Gasteiger partial charge in [-0.2, -0.15) is 0 Å². The van der Waals surface area contributed by atoms with Gasteiger partial charge in [0.05, 0.1) is 6.54 Å². The number of imidazole rings is 1. The number of hydrogen-bond donors (Lipinski definition) is 0. The van der Waals surface area contributed by atoms with Crippen molar-refractivity contribution in [3.05, 3.63) is 105 Å². The molecule has 226 valence electrons. The second-order valence-electron chi connectivity index (χ2n) is 11.7. The lowest BCUT2D eigenvalue weighted by Crippen LogP contribution is -2.48. The molecule has 0 N–H and O–H groups in total. The molecule has 4 heterocycles. The number of carbonyl (C=O) groups is 2. The van der Waals surface area contributed by atoms with E-state index >= 15 is 0 Å². The van der Waals surface area contributed by atoms with Crippen molar-refractivity contribution in [2.45, 2.75) is 65.0 Å². The number of ketones is 1. The summed E-state index contributed by atoms with van der Waals surface area (Å²) in [7, 11) is 0. The van der Waals surface area contributed by atoms with Crippen LogP contribution in [0.2, 0.25) is 0 Å². The van der Waals surface area contributed by atoms with Gasteiger partial charge in [0.1, 0.15) is 0 Å². The Labute approximate surface area is 258 Å². The van der Waals surface area contributed by atoms with Gasteiger partial charge in [-0.25, -0.2) is 4.98 Å². The molecule has 0 unspecified atom stereocenters. The van der Waals surface area contributed by atoms with Crippen LogP contribution in [0.5, 0.6) is 0 Å². The topological polar surface area (TPSA) is 79.9 Å². The summed E-state index contributed by atoms with van der Waals surface area (Å²) in [6.07, 6.45) is 10.3. The molecule has 2 aromatic heterocycles. The molecule has 6 rings (SSSR count). The predicted octanol–water partition coefficient (Wildman–Crippen LogP) is 5.16. The molecule has 1 amide bonds. The van der Waals surface area contributed by atoms with Crippen LogP contribution >= 0.6 is 12.4 Å². The summed E-state index contributed by atoms with van der Waals surface area (Å²) in [5.41, 5.74) is 4.25. The maximum absolute atomic E-state index is 13.2. The number of fused-ring (bicyclic) bond motifs is 1. The monoisotopic (exact) mass is 601 g/mol. The van der Waals surface area contributed by atoms with Crippen LogP contribution in [-0.2, 0) is 13.0 Å². The Balaban J connectivity index is 0.00000368. The molecule has 2 saturated heterocycles. The summed E-state index contributed by atoms with van der Waals surface area (Å²) in [4.78, 5) is 48.3. The van der Waals surface area contributed by atoms with Gasteiger partial charge in [0, 0.05) is 59.5 Å². The number of benzene rings is 2. The van der Waals surface area contributed by atoms with E-state index in [1.54, 1.807) is 34.9 Å². The maximum atomic E-state index is 13.2.